The molecule has 0 bridgehead atoms. The summed E-state index contributed by atoms with van der Waals surface area (Å²) in [6.45, 7) is 1.69. The number of carbonyl (C=O) groups excluding carboxylic acids is 3. The first kappa shape index (κ1) is 20.1. The molecule has 1 saturated heterocycles. The summed E-state index contributed by atoms with van der Waals surface area (Å²) in [5.41, 5.74) is 0.535. The van der Waals surface area contributed by atoms with Crippen LogP contribution in [0.3, 0.4) is 0 Å². The molecular weight excluding hydrogens is 424 g/mol. The molecule has 0 aliphatic carbocycles. The molecule has 1 unspecified atom stereocenters. The van der Waals surface area contributed by atoms with E-state index >= 15 is 0 Å². The number of thiazole rings is 1. The van der Waals surface area contributed by atoms with Gasteiger partial charge in [-0.05, 0) is 30.7 Å². The van der Waals surface area contributed by atoms with Gasteiger partial charge in [-0.15, -0.1) is 11.3 Å². The average molecular weight is 441 g/mol. The summed E-state index contributed by atoms with van der Waals surface area (Å²) in [5.74, 6) is -0.753. The molecule has 2 aromatic carbocycles. The lowest BCUT2D eigenvalue weighted by Crippen LogP contribution is -2.46. The molecule has 0 spiro atoms. The zero-order chi connectivity index (χ0) is 21.3. The molecule has 9 heteroatoms. The number of hydrogen-bond acceptors (Lipinski definition) is 5. The number of nitrogens with one attached hydrogen (secondary N) is 2. The van der Waals surface area contributed by atoms with Gasteiger partial charge in [0.1, 0.15) is 5.54 Å². The van der Waals surface area contributed by atoms with Crippen LogP contribution in [0.2, 0.25) is 5.02 Å². The molecule has 0 radical (unpaired) electrons. The number of hydrogen-bond donors (Lipinski definition) is 2. The van der Waals surface area contributed by atoms with E-state index in [1.807, 2.05) is 30.3 Å². The van der Waals surface area contributed by atoms with Crippen LogP contribution in [0.1, 0.15) is 22.3 Å². The molecule has 0 saturated carbocycles. The van der Waals surface area contributed by atoms with Crippen LogP contribution in [-0.4, -0.2) is 28.4 Å². The van der Waals surface area contributed by atoms with E-state index in [9.17, 15) is 14.4 Å². The zero-order valence-electron chi connectivity index (χ0n) is 15.9. The minimum Gasteiger partial charge on any atom is -0.323 e. The van der Waals surface area contributed by atoms with E-state index < -0.39 is 17.5 Å². The van der Waals surface area contributed by atoms with Crippen molar-refractivity contribution in [2.45, 2.75) is 18.9 Å². The third-order valence-corrected chi connectivity index (χ3v) is 5.81. The number of amides is 4. The molecule has 4 rings (SSSR count). The number of halogens is 1. The molecule has 2 N–H and O–H groups in total. The predicted octanol–water partition coefficient (Wildman–Crippen LogP) is 4.11. The van der Waals surface area contributed by atoms with Gasteiger partial charge in [-0.1, -0.05) is 41.9 Å². The smallest absolute Gasteiger partial charge is 0.323 e. The summed E-state index contributed by atoms with van der Waals surface area (Å²) in [5, 5.41) is 7.66. The number of rotatable bonds is 5. The molecule has 1 fully saturated rings. The molecule has 4 amide bonds. The lowest BCUT2D eigenvalue weighted by molar-refractivity contribution is -0.121. The van der Waals surface area contributed by atoms with E-state index in [0.29, 0.717) is 17.1 Å². The predicted molar refractivity (Wildman–Crippen MR) is 116 cm³/mol. The van der Waals surface area contributed by atoms with Gasteiger partial charge < -0.3 is 10.6 Å². The van der Waals surface area contributed by atoms with Crippen molar-refractivity contribution in [2.24, 2.45) is 0 Å². The Morgan fingerprint density at radius 3 is 2.67 bits per heavy atom. The van der Waals surface area contributed by atoms with E-state index in [2.05, 4.69) is 15.6 Å². The van der Waals surface area contributed by atoms with Crippen molar-refractivity contribution >= 4 is 52.2 Å². The highest BCUT2D eigenvalue weighted by Crippen LogP contribution is 2.34. The van der Waals surface area contributed by atoms with Gasteiger partial charge in [0.15, 0.2) is 5.01 Å². The molecule has 7 nitrogen and oxygen atoms in total. The topological polar surface area (TPSA) is 91.4 Å². The van der Waals surface area contributed by atoms with Crippen LogP contribution < -0.4 is 15.5 Å². The fourth-order valence-corrected chi connectivity index (χ4v) is 4.11. The Morgan fingerprint density at radius 2 is 2.00 bits per heavy atom. The van der Waals surface area contributed by atoms with Crippen molar-refractivity contribution in [2.75, 3.05) is 10.2 Å². The molecule has 30 heavy (non-hydrogen) atoms. The molecule has 1 aliphatic heterocycles. The number of urea groups is 1. The van der Waals surface area contributed by atoms with E-state index in [1.165, 1.54) is 23.5 Å². The van der Waals surface area contributed by atoms with Gasteiger partial charge in [-0.2, -0.15) is 0 Å². The highest BCUT2D eigenvalue weighted by atomic mass is 35.5. The van der Waals surface area contributed by atoms with E-state index in [4.69, 9.17) is 11.6 Å². The van der Waals surface area contributed by atoms with Gasteiger partial charge in [0, 0.05) is 23.7 Å². The number of carbonyl (C=O) groups is 3. The van der Waals surface area contributed by atoms with Gasteiger partial charge in [-0.25, -0.2) is 14.7 Å². The van der Waals surface area contributed by atoms with Gasteiger partial charge in [0.2, 0.25) is 0 Å². The standard InChI is InChI=1S/C21H17ClN4O3S/c1-21(12-13-5-3-2-4-6-13)19(28)26(20(29)25-21)16-8-7-14(11-15(16)22)24-17(27)18-23-9-10-30-18/h2-11H,12H2,1H3,(H,24,27)(H,25,29). The SMILES string of the molecule is CC1(Cc2ccccc2)NC(=O)N(c2ccc(NC(=O)c3nccs3)cc2Cl)C1=O. The van der Waals surface area contributed by atoms with Crippen LogP contribution in [0.4, 0.5) is 16.2 Å². The van der Waals surface area contributed by atoms with Gasteiger partial charge >= 0.3 is 6.03 Å². The minimum absolute atomic E-state index is 0.166. The van der Waals surface area contributed by atoms with E-state index in [0.717, 1.165) is 10.5 Å². The summed E-state index contributed by atoms with van der Waals surface area (Å²) in [6.07, 6.45) is 1.90. The lowest BCUT2D eigenvalue weighted by atomic mass is 9.93. The zero-order valence-corrected chi connectivity index (χ0v) is 17.5. The fraction of sp³-hybridized carbons (Fsp3) is 0.143. The molecule has 1 aromatic heterocycles. The van der Waals surface area contributed by atoms with Gasteiger partial charge in [-0.3, -0.25) is 9.59 Å². The third kappa shape index (κ3) is 3.79. The second kappa shape index (κ2) is 7.89. The Labute approximate surface area is 181 Å². The fourth-order valence-electron chi connectivity index (χ4n) is 3.31. The maximum Gasteiger partial charge on any atom is 0.329 e. The third-order valence-electron chi connectivity index (χ3n) is 4.73. The molecule has 152 valence electrons. The Morgan fingerprint density at radius 1 is 1.23 bits per heavy atom. The quantitative estimate of drug-likeness (QED) is 0.584. The van der Waals surface area contributed by atoms with Crippen molar-refractivity contribution in [1.29, 1.82) is 0 Å². The molecule has 2 heterocycles. The second-order valence-corrected chi connectivity index (χ2v) is 8.32. The summed E-state index contributed by atoms with van der Waals surface area (Å²) in [6, 6.07) is 13.5. The maximum atomic E-state index is 13.1. The highest BCUT2D eigenvalue weighted by Gasteiger charge is 2.48. The maximum absolute atomic E-state index is 13.1. The molecule has 1 aliphatic rings. The van der Waals surface area contributed by atoms with Gasteiger partial charge in [0.05, 0.1) is 10.7 Å². The summed E-state index contributed by atoms with van der Waals surface area (Å²) in [7, 11) is 0. The molecule has 3 aromatic rings. The van der Waals surface area contributed by atoms with Gasteiger partial charge in [0.25, 0.3) is 11.8 Å². The van der Waals surface area contributed by atoms with E-state index in [1.54, 1.807) is 24.6 Å². The first-order valence-electron chi connectivity index (χ1n) is 9.08. The summed E-state index contributed by atoms with van der Waals surface area (Å²) < 4.78 is 0. The first-order chi connectivity index (χ1) is 14.4. The molecular formula is C21H17ClN4O3S. The largest absolute Gasteiger partial charge is 0.329 e. The van der Waals surface area contributed by atoms with Crippen molar-refractivity contribution in [3.05, 3.63) is 75.7 Å². The summed E-state index contributed by atoms with van der Waals surface area (Å²) >= 11 is 7.58. The normalized spacial score (nSPS) is 18.4. The van der Waals surface area contributed by atoms with Crippen LogP contribution >= 0.6 is 22.9 Å². The van der Waals surface area contributed by atoms with Crippen LogP contribution in [0.5, 0.6) is 0 Å². The van der Waals surface area contributed by atoms with Crippen molar-refractivity contribution in [3.8, 4) is 0 Å². The van der Waals surface area contributed by atoms with Crippen LogP contribution in [0.15, 0.2) is 60.1 Å². The van der Waals surface area contributed by atoms with E-state index in [-0.39, 0.29) is 16.6 Å². The highest BCUT2D eigenvalue weighted by molar-refractivity contribution is 7.11. The number of nitrogens with zero attached hydrogens (tertiary/aromatic N) is 2. The van der Waals surface area contributed by atoms with Crippen molar-refractivity contribution in [1.82, 2.24) is 10.3 Å². The second-order valence-electron chi connectivity index (χ2n) is 7.02. The number of benzene rings is 2. The molecule has 1 atom stereocenters. The lowest BCUT2D eigenvalue weighted by Gasteiger charge is -2.22. The Balaban J connectivity index is 1.55. The van der Waals surface area contributed by atoms with Crippen LogP contribution in [0, 0.1) is 0 Å². The Bertz CT molecular complexity index is 1120. The Kier molecular flexibility index (Phi) is 5.27. The minimum atomic E-state index is -1.08. The van der Waals surface area contributed by atoms with Crippen LogP contribution in [-0.2, 0) is 11.2 Å². The van der Waals surface area contributed by atoms with Crippen LogP contribution in [0.25, 0.3) is 0 Å². The number of imide groups is 1. The number of aromatic nitrogens is 1. The summed E-state index contributed by atoms with van der Waals surface area (Å²) in [4.78, 5) is 42.9. The van der Waals surface area contributed by atoms with Crippen molar-refractivity contribution in [3.63, 3.8) is 0 Å². The monoisotopic (exact) mass is 440 g/mol. The Hall–Kier alpha value is -3.23. The first-order valence-corrected chi connectivity index (χ1v) is 10.3. The number of anilines is 2. The average Bonchev–Trinajstić information content (AvgIpc) is 3.31. The van der Waals surface area contributed by atoms with Crippen molar-refractivity contribution < 1.29 is 14.4 Å².